The lowest BCUT2D eigenvalue weighted by Gasteiger charge is -2.36. The Morgan fingerprint density at radius 1 is 1.27 bits per heavy atom. The maximum Gasteiger partial charge on any atom is 0.420 e. The molecule has 0 unspecified atom stereocenters. The third-order valence-electron chi connectivity index (χ3n) is 5.15. The van der Waals surface area contributed by atoms with E-state index in [1.54, 1.807) is 24.3 Å². The number of amides is 1. The molecule has 3 aromatic rings. The van der Waals surface area contributed by atoms with E-state index < -0.39 is 23.8 Å². The van der Waals surface area contributed by atoms with Gasteiger partial charge >= 0.3 is 5.76 Å². The topological polar surface area (TPSA) is 94.1 Å². The molecule has 0 spiro atoms. The molecule has 2 atom stereocenters. The average molecular weight is 416 g/mol. The molecule has 1 amide bonds. The van der Waals surface area contributed by atoms with Crippen LogP contribution in [0.3, 0.4) is 0 Å². The molecule has 1 saturated heterocycles. The number of aliphatic hydroxyl groups is 1. The van der Waals surface area contributed by atoms with Crippen LogP contribution < -0.4 is 15.2 Å². The van der Waals surface area contributed by atoms with Crippen LogP contribution in [0.2, 0.25) is 0 Å². The number of para-hydroxylation sites is 2. The maximum atomic E-state index is 13.4. The van der Waals surface area contributed by atoms with Crippen LogP contribution in [-0.2, 0) is 11.3 Å². The fourth-order valence-electron chi connectivity index (χ4n) is 3.55. The summed E-state index contributed by atoms with van der Waals surface area (Å²) in [5.41, 5.74) is 0.950. The van der Waals surface area contributed by atoms with Gasteiger partial charge < -0.3 is 23.9 Å². The Bertz CT molecular complexity index is 1120. The fourth-order valence-corrected chi connectivity index (χ4v) is 3.55. The molecular formula is C21H21FN2O6. The third kappa shape index (κ3) is 3.88. The number of oxazole rings is 1. The van der Waals surface area contributed by atoms with Crippen molar-refractivity contribution in [3.8, 4) is 11.5 Å². The van der Waals surface area contributed by atoms with Crippen molar-refractivity contribution in [1.82, 2.24) is 9.47 Å². The van der Waals surface area contributed by atoms with E-state index in [1.807, 2.05) is 0 Å². The standard InChI is InChI=1S/C21H21FN2O6/c1-28-18-10-13(22)6-7-17(18)29-19-11-23(9-8-15(19)25)20(26)12-24-14-4-2-3-5-16(14)30-21(24)27/h2-7,10,15,19,25H,8-9,11-12H2,1H3/t15-,19-/m1/s1. The molecule has 0 bridgehead atoms. The minimum absolute atomic E-state index is 0.116. The summed E-state index contributed by atoms with van der Waals surface area (Å²) in [7, 11) is 1.39. The number of aliphatic hydroxyl groups excluding tert-OH is 1. The average Bonchev–Trinajstić information content (AvgIpc) is 3.05. The molecule has 2 aromatic carbocycles. The first-order chi connectivity index (χ1) is 14.5. The highest BCUT2D eigenvalue weighted by Gasteiger charge is 2.33. The molecule has 0 radical (unpaired) electrons. The quantitative estimate of drug-likeness (QED) is 0.682. The van der Waals surface area contributed by atoms with Crippen LogP contribution in [0.4, 0.5) is 4.39 Å². The first-order valence-electron chi connectivity index (χ1n) is 9.50. The number of hydrogen-bond acceptors (Lipinski definition) is 6. The number of benzene rings is 2. The molecule has 0 saturated carbocycles. The highest BCUT2D eigenvalue weighted by Crippen LogP contribution is 2.30. The zero-order chi connectivity index (χ0) is 21.3. The lowest BCUT2D eigenvalue weighted by atomic mass is 10.0. The fraction of sp³-hybridized carbons (Fsp3) is 0.333. The van der Waals surface area contributed by atoms with Crippen LogP contribution in [0.1, 0.15) is 6.42 Å². The van der Waals surface area contributed by atoms with E-state index in [2.05, 4.69) is 0 Å². The number of aromatic nitrogens is 1. The van der Waals surface area contributed by atoms with E-state index in [9.17, 15) is 19.1 Å². The van der Waals surface area contributed by atoms with Crippen molar-refractivity contribution in [2.45, 2.75) is 25.2 Å². The Labute approximate surface area is 171 Å². The Kier molecular flexibility index (Phi) is 5.45. The van der Waals surface area contributed by atoms with Crippen molar-refractivity contribution in [3.05, 3.63) is 58.8 Å². The van der Waals surface area contributed by atoms with Crippen molar-refractivity contribution in [2.75, 3.05) is 20.2 Å². The van der Waals surface area contributed by atoms with Gasteiger partial charge in [-0.1, -0.05) is 12.1 Å². The number of piperidine rings is 1. The minimum Gasteiger partial charge on any atom is -0.493 e. The van der Waals surface area contributed by atoms with Gasteiger partial charge in [0.05, 0.1) is 25.3 Å². The molecule has 4 rings (SSSR count). The van der Waals surface area contributed by atoms with E-state index in [0.717, 1.165) is 0 Å². The second-order valence-electron chi connectivity index (χ2n) is 7.07. The van der Waals surface area contributed by atoms with Crippen molar-refractivity contribution in [3.63, 3.8) is 0 Å². The Hall–Kier alpha value is -3.33. The number of carbonyl (C=O) groups is 1. The van der Waals surface area contributed by atoms with Crippen molar-refractivity contribution in [2.24, 2.45) is 0 Å². The Morgan fingerprint density at radius 3 is 2.87 bits per heavy atom. The largest absolute Gasteiger partial charge is 0.493 e. The van der Waals surface area contributed by atoms with Gasteiger partial charge in [-0.05, 0) is 30.7 Å². The zero-order valence-corrected chi connectivity index (χ0v) is 16.3. The van der Waals surface area contributed by atoms with Gasteiger partial charge in [0.15, 0.2) is 17.1 Å². The molecule has 1 aromatic heterocycles. The van der Waals surface area contributed by atoms with Gasteiger partial charge in [0, 0.05) is 12.6 Å². The number of nitrogens with zero attached hydrogens (tertiary/aromatic N) is 2. The van der Waals surface area contributed by atoms with Gasteiger partial charge in [-0.15, -0.1) is 0 Å². The highest BCUT2D eigenvalue weighted by atomic mass is 19.1. The van der Waals surface area contributed by atoms with Crippen LogP contribution in [-0.4, -0.2) is 52.9 Å². The number of methoxy groups -OCH3 is 1. The van der Waals surface area contributed by atoms with Crippen molar-refractivity contribution < 1.29 is 28.2 Å². The van der Waals surface area contributed by atoms with Crippen LogP contribution in [0, 0.1) is 5.82 Å². The number of carbonyl (C=O) groups excluding carboxylic acids is 1. The molecule has 1 aliphatic rings. The number of likely N-dealkylation sites (tertiary alicyclic amines) is 1. The summed E-state index contributed by atoms with van der Waals surface area (Å²) in [6, 6.07) is 10.7. The van der Waals surface area contributed by atoms with Crippen LogP contribution in [0.25, 0.3) is 11.1 Å². The summed E-state index contributed by atoms with van der Waals surface area (Å²) < 4.78 is 30.8. The highest BCUT2D eigenvalue weighted by molar-refractivity contribution is 5.79. The molecular weight excluding hydrogens is 395 g/mol. The first kappa shape index (κ1) is 20.0. The lowest BCUT2D eigenvalue weighted by molar-refractivity contribution is -0.137. The summed E-state index contributed by atoms with van der Waals surface area (Å²) >= 11 is 0. The van der Waals surface area contributed by atoms with E-state index >= 15 is 0 Å². The maximum absolute atomic E-state index is 13.4. The third-order valence-corrected chi connectivity index (χ3v) is 5.15. The second kappa shape index (κ2) is 8.19. The first-order valence-corrected chi connectivity index (χ1v) is 9.50. The smallest absolute Gasteiger partial charge is 0.420 e. The molecule has 9 heteroatoms. The molecule has 1 N–H and O–H groups in total. The molecule has 30 heavy (non-hydrogen) atoms. The summed E-state index contributed by atoms with van der Waals surface area (Å²) in [5, 5.41) is 10.3. The molecule has 0 aliphatic carbocycles. The number of rotatable bonds is 5. The number of hydrogen-bond donors (Lipinski definition) is 1. The van der Waals surface area contributed by atoms with E-state index in [0.29, 0.717) is 24.1 Å². The van der Waals surface area contributed by atoms with E-state index in [4.69, 9.17) is 13.9 Å². The minimum atomic E-state index is -0.804. The molecule has 1 aliphatic heterocycles. The monoisotopic (exact) mass is 416 g/mol. The Balaban J connectivity index is 1.49. The zero-order valence-electron chi connectivity index (χ0n) is 16.3. The van der Waals surface area contributed by atoms with Gasteiger partial charge in [0.1, 0.15) is 18.5 Å². The van der Waals surface area contributed by atoms with Gasteiger partial charge in [-0.3, -0.25) is 9.36 Å². The number of fused-ring (bicyclic) bond motifs is 1. The molecule has 8 nitrogen and oxygen atoms in total. The molecule has 158 valence electrons. The van der Waals surface area contributed by atoms with Crippen molar-refractivity contribution in [1.29, 1.82) is 0 Å². The summed E-state index contributed by atoms with van der Waals surface area (Å²) in [6.07, 6.45) is -1.22. The normalized spacial score (nSPS) is 19.1. The summed E-state index contributed by atoms with van der Waals surface area (Å²) in [4.78, 5) is 26.5. The van der Waals surface area contributed by atoms with Gasteiger partial charge in [-0.25, -0.2) is 9.18 Å². The lowest BCUT2D eigenvalue weighted by Crippen LogP contribution is -2.52. The van der Waals surface area contributed by atoms with Crippen LogP contribution >= 0.6 is 0 Å². The number of halogens is 1. The second-order valence-corrected chi connectivity index (χ2v) is 7.07. The van der Waals surface area contributed by atoms with E-state index in [1.165, 1.54) is 34.8 Å². The molecule has 2 heterocycles. The summed E-state index contributed by atoms with van der Waals surface area (Å²) in [5.74, 6) is -0.907. The summed E-state index contributed by atoms with van der Waals surface area (Å²) in [6.45, 7) is 0.258. The SMILES string of the molecule is COc1cc(F)ccc1O[C@@H]1CN(C(=O)Cn2c(=O)oc3ccccc32)CC[C@H]1O. The van der Waals surface area contributed by atoms with Crippen LogP contribution in [0.5, 0.6) is 11.5 Å². The van der Waals surface area contributed by atoms with E-state index in [-0.39, 0.29) is 30.5 Å². The van der Waals surface area contributed by atoms with Gasteiger partial charge in [-0.2, -0.15) is 0 Å². The Morgan fingerprint density at radius 2 is 2.07 bits per heavy atom. The molecule has 1 fully saturated rings. The van der Waals surface area contributed by atoms with Crippen molar-refractivity contribution >= 4 is 17.0 Å². The predicted octanol–water partition coefficient (Wildman–Crippen LogP) is 1.78. The predicted molar refractivity (Wildman–Crippen MR) is 105 cm³/mol. The van der Waals surface area contributed by atoms with Gasteiger partial charge in [0.25, 0.3) is 0 Å². The van der Waals surface area contributed by atoms with Gasteiger partial charge in [0.2, 0.25) is 5.91 Å². The van der Waals surface area contributed by atoms with Crippen LogP contribution in [0.15, 0.2) is 51.7 Å². The number of ether oxygens (including phenoxy) is 2.